The highest BCUT2D eigenvalue weighted by molar-refractivity contribution is 6.15. The quantitative estimate of drug-likeness (QED) is 0.544. The summed E-state index contributed by atoms with van der Waals surface area (Å²) in [6, 6.07) is 23.3. The number of carbonyl (C=O) groups is 4. The summed E-state index contributed by atoms with van der Waals surface area (Å²) in [5.74, 6) is -1.08. The number of hydrazone groups is 1. The topological polar surface area (TPSA) is 111 Å². The van der Waals surface area contributed by atoms with E-state index in [1.165, 1.54) is 9.91 Å². The van der Waals surface area contributed by atoms with E-state index in [2.05, 4.69) is 15.7 Å². The molecule has 0 saturated heterocycles. The van der Waals surface area contributed by atoms with Crippen LogP contribution in [0.4, 0.5) is 17.1 Å². The summed E-state index contributed by atoms with van der Waals surface area (Å²) < 4.78 is 0. The standard InChI is InChI=1S/C28H25N5O4/c34-25(14-15-27(36)33-17-16-22(31-33)19-6-2-1-3-7-19)29-21-12-10-20(11-13-21)28(37)32-18-26(35)30-23-8-4-5-9-24(23)32/h1-13H,14-18H2,(H,29,34)(H,30,35). The normalized spacial score (nSPS) is 14.5. The fourth-order valence-corrected chi connectivity index (χ4v) is 4.31. The average Bonchev–Trinajstić information content (AvgIpc) is 3.42. The van der Waals surface area contributed by atoms with Crippen LogP contribution in [0.2, 0.25) is 0 Å². The molecule has 2 heterocycles. The molecule has 0 saturated carbocycles. The second-order valence-corrected chi connectivity index (χ2v) is 8.76. The van der Waals surface area contributed by atoms with E-state index in [-0.39, 0.29) is 43.0 Å². The molecule has 2 N–H and O–H groups in total. The predicted octanol–water partition coefficient (Wildman–Crippen LogP) is 3.64. The summed E-state index contributed by atoms with van der Waals surface area (Å²) in [6.45, 7) is 0.430. The van der Waals surface area contributed by atoms with Crippen molar-refractivity contribution in [2.75, 3.05) is 28.6 Å². The van der Waals surface area contributed by atoms with Gasteiger partial charge in [0.1, 0.15) is 6.54 Å². The number of para-hydroxylation sites is 2. The lowest BCUT2D eigenvalue weighted by Gasteiger charge is -2.29. The first-order valence-electron chi connectivity index (χ1n) is 12.0. The summed E-state index contributed by atoms with van der Waals surface area (Å²) in [5.41, 5.74) is 3.97. The van der Waals surface area contributed by atoms with E-state index in [4.69, 9.17) is 0 Å². The Morgan fingerprint density at radius 1 is 0.892 bits per heavy atom. The molecule has 0 atom stereocenters. The molecule has 0 aromatic heterocycles. The van der Waals surface area contributed by atoms with Gasteiger partial charge in [-0.1, -0.05) is 42.5 Å². The van der Waals surface area contributed by atoms with Gasteiger partial charge in [-0.15, -0.1) is 0 Å². The van der Waals surface area contributed by atoms with Crippen LogP contribution >= 0.6 is 0 Å². The maximum absolute atomic E-state index is 13.1. The highest BCUT2D eigenvalue weighted by atomic mass is 16.2. The van der Waals surface area contributed by atoms with Crippen molar-refractivity contribution in [1.29, 1.82) is 0 Å². The van der Waals surface area contributed by atoms with E-state index in [0.29, 0.717) is 35.6 Å². The molecule has 0 aliphatic carbocycles. The zero-order valence-corrected chi connectivity index (χ0v) is 20.0. The molecule has 3 aromatic carbocycles. The Bertz CT molecular complexity index is 1390. The lowest BCUT2D eigenvalue weighted by atomic mass is 10.1. The Balaban J connectivity index is 1.15. The minimum Gasteiger partial charge on any atom is -0.326 e. The summed E-state index contributed by atoms with van der Waals surface area (Å²) in [5, 5.41) is 11.4. The maximum atomic E-state index is 13.1. The van der Waals surface area contributed by atoms with Crippen LogP contribution in [0.3, 0.4) is 0 Å². The predicted molar refractivity (Wildman–Crippen MR) is 140 cm³/mol. The van der Waals surface area contributed by atoms with Crippen molar-refractivity contribution in [2.45, 2.75) is 19.3 Å². The first kappa shape index (κ1) is 23.9. The number of carbonyl (C=O) groups excluding carboxylic acids is 4. The van der Waals surface area contributed by atoms with Crippen molar-refractivity contribution in [2.24, 2.45) is 5.10 Å². The van der Waals surface area contributed by atoms with E-state index in [1.54, 1.807) is 48.5 Å². The number of rotatable bonds is 6. The van der Waals surface area contributed by atoms with Crippen molar-refractivity contribution in [3.05, 3.63) is 90.0 Å². The van der Waals surface area contributed by atoms with Gasteiger partial charge in [-0.25, -0.2) is 5.01 Å². The van der Waals surface area contributed by atoms with Crippen molar-refractivity contribution in [3.63, 3.8) is 0 Å². The molecule has 0 spiro atoms. The molecule has 2 aliphatic heterocycles. The number of fused-ring (bicyclic) bond motifs is 1. The minimum atomic E-state index is -0.313. The second-order valence-electron chi connectivity index (χ2n) is 8.76. The van der Waals surface area contributed by atoms with Gasteiger partial charge < -0.3 is 10.6 Å². The summed E-state index contributed by atoms with van der Waals surface area (Å²) in [6.07, 6.45) is 0.747. The third-order valence-corrected chi connectivity index (χ3v) is 6.19. The molecule has 0 bridgehead atoms. The zero-order valence-electron chi connectivity index (χ0n) is 20.0. The van der Waals surface area contributed by atoms with Crippen LogP contribution in [0.5, 0.6) is 0 Å². The van der Waals surface area contributed by atoms with Crippen molar-refractivity contribution in [1.82, 2.24) is 5.01 Å². The Morgan fingerprint density at radius 2 is 1.62 bits per heavy atom. The zero-order chi connectivity index (χ0) is 25.8. The Morgan fingerprint density at radius 3 is 2.41 bits per heavy atom. The van der Waals surface area contributed by atoms with Crippen molar-refractivity contribution < 1.29 is 19.2 Å². The lowest BCUT2D eigenvalue weighted by Crippen LogP contribution is -2.42. The molecule has 37 heavy (non-hydrogen) atoms. The average molecular weight is 496 g/mol. The molecule has 0 radical (unpaired) electrons. The van der Waals surface area contributed by atoms with Gasteiger partial charge >= 0.3 is 0 Å². The number of nitrogens with one attached hydrogen (secondary N) is 2. The van der Waals surface area contributed by atoms with Gasteiger partial charge in [-0.05, 0) is 42.0 Å². The van der Waals surface area contributed by atoms with Crippen LogP contribution in [-0.4, -0.2) is 47.4 Å². The molecule has 0 unspecified atom stereocenters. The van der Waals surface area contributed by atoms with Crippen LogP contribution in [0.25, 0.3) is 0 Å². The van der Waals surface area contributed by atoms with E-state index < -0.39 is 0 Å². The van der Waals surface area contributed by atoms with Gasteiger partial charge in [0.05, 0.1) is 23.6 Å². The summed E-state index contributed by atoms with van der Waals surface area (Å²) in [4.78, 5) is 51.5. The molecule has 0 fully saturated rings. The summed E-state index contributed by atoms with van der Waals surface area (Å²) >= 11 is 0. The SMILES string of the molecule is O=C(CCC(=O)N1CCC(c2ccccc2)=N1)Nc1ccc(C(=O)N2CC(=O)Nc3ccccc32)cc1. The van der Waals surface area contributed by atoms with Gasteiger partial charge in [0.15, 0.2) is 0 Å². The first-order chi connectivity index (χ1) is 18.0. The Kier molecular flexibility index (Phi) is 6.76. The third-order valence-electron chi connectivity index (χ3n) is 6.19. The van der Waals surface area contributed by atoms with E-state index in [0.717, 1.165) is 11.3 Å². The number of hydrogen-bond donors (Lipinski definition) is 2. The fraction of sp³-hybridized carbons (Fsp3) is 0.179. The monoisotopic (exact) mass is 495 g/mol. The number of benzene rings is 3. The number of amides is 4. The van der Waals surface area contributed by atoms with Crippen LogP contribution in [0, 0.1) is 0 Å². The van der Waals surface area contributed by atoms with Gasteiger partial charge in [0, 0.05) is 30.5 Å². The molecule has 9 nitrogen and oxygen atoms in total. The molecule has 2 aliphatic rings. The third kappa shape index (κ3) is 5.40. The smallest absolute Gasteiger partial charge is 0.258 e. The van der Waals surface area contributed by atoms with Crippen molar-refractivity contribution in [3.8, 4) is 0 Å². The van der Waals surface area contributed by atoms with Crippen LogP contribution < -0.4 is 15.5 Å². The Hall–Kier alpha value is -4.79. The van der Waals surface area contributed by atoms with E-state index >= 15 is 0 Å². The van der Waals surface area contributed by atoms with Gasteiger partial charge in [0.25, 0.3) is 5.91 Å². The van der Waals surface area contributed by atoms with E-state index in [9.17, 15) is 19.2 Å². The molecule has 5 rings (SSSR count). The van der Waals surface area contributed by atoms with Gasteiger partial charge in [0.2, 0.25) is 17.7 Å². The van der Waals surface area contributed by atoms with Crippen LogP contribution in [0.1, 0.15) is 35.2 Å². The highest BCUT2D eigenvalue weighted by Gasteiger charge is 2.27. The minimum absolute atomic E-state index is 0.0197. The first-order valence-corrected chi connectivity index (χ1v) is 12.0. The largest absolute Gasteiger partial charge is 0.326 e. The molecule has 3 aromatic rings. The lowest BCUT2D eigenvalue weighted by molar-refractivity contribution is -0.132. The maximum Gasteiger partial charge on any atom is 0.258 e. The Labute approximate surface area is 213 Å². The van der Waals surface area contributed by atoms with Crippen molar-refractivity contribution >= 4 is 46.4 Å². The fourth-order valence-electron chi connectivity index (χ4n) is 4.31. The second kappa shape index (κ2) is 10.4. The van der Waals surface area contributed by atoms with Gasteiger partial charge in [-0.2, -0.15) is 5.10 Å². The number of nitrogens with zero attached hydrogens (tertiary/aromatic N) is 3. The van der Waals surface area contributed by atoms with E-state index in [1.807, 2.05) is 30.3 Å². The molecular weight excluding hydrogens is 470 g/mol. The van der Waals surface area contributed by atoms with Crippen LogP contribution in [0.15, 0.2) is 84.0 Å². The number of hydrogen-bond acceptors (Lipinski definition) is 5. The molecular formula is C28H25N5O4. The summed E-state index contributed by atoms with van der Waals surface area (Å²) in [7, 11) is 0. The van der Waals surface area contributed by atoms with Crippen LogP contribution in [-0.2, 0) is 14.4 Å². The van der Waals surface area contributed by atoms with Gasteiger partial charge in [-0.3, -0.25) is 24.1 Å². The molecule has 9 heteroatoms. The molecule has 186 valence electrons. The number of anilines is 3. The molecule has 4 amide bonds. The highest BCUT2D eigenvalue weighted by Crippen LogP contribution is 2.30.